The number of rotatable bonds is 11. The second-order valence-corrected chi connectivity index (χ2v) is 8.09. The maximum absolute atomic E-state index is 13.2. The number of methoxy groups -OCH3 is 1. The van der Waals surface area contributed by atoms with Crippen molar-refractivity contribution in [1.82, 2.24) is 15.3 Å². The summed E-state index contributed by atoms with van der Waals surface area (Å²) in [4.78, 5) is 22.4. The summed E-state index contributed by atoms with van der Waals surface area (Å²) in [6.45, 7) is 5.21. The fraction of sp³-hybridized carbons (Fsp3) is 0.269. The van der Waals surface area contributed by atoms with Crippen molar-refractivity contribution >= 4 is 28.9 Å². The number of hydrogen-bond acceptors (Lipinski definition) is 8. The molecule has 2 aromatic carbocycles. The van der Waals surface area contributed by atoms with Gasteiger partial charge in [0, 0.05) is 42.3 Å². The summed E-state index contributed by atoms with van der Waals surface area (Å²) in [5.74, 6) is 1.01. The quantitative estimate of drug-likeness (QED) is 0.341. The molecule has 1 unspecified atom stereocenters. The highest BCUT2D eigenvalue weighted by Crippen LogP contribution is 2.31. The molecule has 188 valence electrons. The van der Waals surface area contributed by atoms with Crippen LogP contribution in [-0.4, -0.2) is 55.3 Å². The van der Waals surface area contributed by atoms with Crippen LogP contribution in [-0.2, 0) is 4.79 Å². The molecule has 0 bridgehead atoms. The first-order valence-corrected chi connectivity index (χ1v) is 11.6. The Morgan fingerprint density at radius 3 is 2.81 bits per heavy atom. The van der Waals surface area contributed by atoms with Crippen LogP contribution in [0.1, 0.15) is 6.42 Å². The zero-order chi connectivity index (χ0) is 25.3. The Morgan fingerprint density at radius 1 is 1.28 bits per heavy atom. The van der Waals surface area contributed by atoms with Crippen molar-refractivity contribution in [2.24, 2.45) is 0 Å². The molecule has 4 rings (SSSR count). The average molecular weight is 493 g/mol. The molecule has 3 N–H and O–H groups in total. The van der Waals surface area contributed by atoms with Crippen LogP contribution in [0.15, 0.2) is 67.4 Å². The molecule has 10 heteroatoms. The number of carbonyl (C=O) groups is 1. The maximum atomic E-state index is 13.2. The van der Waals surface area contributed by atoms with Crippen LogP contribution >= 0.6 is 0 Å². The molecule has 3 aromatic rings. The van der Waals surface area contributed by atoms with Gasteiger partial charge in [0.25, 0.3) is 5.88 Å². The lowest BCUT2D eigenvalue weighted by molar-refractivity contribution is -0.111. The number of nitrogens with one attached hydrogen (secondary N) is 3. The van der Waals surface area contributed by atoms with Crippen molar-refractivity contribution in [2.45, 2.75) is 12.5 Å². The number of hydrogen-bond donors (Lipinski definition) is 3. The maximum Gasteiger partial charge on any atom is 0.267 e. The van der Waals surface area contributed by atoms with E-state index in [0.717, 1.165) is 30.9 Å². The lowest BCUT2D eigenvalue weighted by atomic mass is 10.1. The first kappa shape index (κ1) is 24.9. The standard InChI is InChI=1S/C26H29FN6O3/c1-3-24(34)30-19-5-4-6-22(15-19)36-25-23(35-2)17-29-26(32-25)31-18-7-9-20(10-8-18)33(14-12-27)21-11-13-28-16-21/h3-10,15,17,21,28H,1,11-14,16H2,2H3,(H,30,34)(H,29,31,32). The van der Waals surface area contributed by atoms with Crippen LogP contribution in [0.2, 0.25) is 0 Å². The van der Waals surface area contributed by atoms with Crippen LogP contribution in [0.5, 0.6) is 17.4 Å². The molecule has 36 heavy (non-hydrogen) atoms. The molecule has 1 fully saturated rings. The highest BCUT2D eigenvalue weighted by atomic mass is 19.1. The van der Waals surface area contributed by atoms with Crippen molar-refractivity contribution in [3.05, 3.63) is 67.4 Å². The van der Waals surface area contributed by atoms with E-state index < -0.39 is 6.67 Å². The zero-order valence-corrected chi connectivity index (χ0v) is 20.0. The van der Waals surface area contributed by atoms with Gasteiger partial charge in [-0.2, -0.15) is 4.98 Å². The molecular weight excluding hydrogens is 463 g/mol. The molecule has 1 aliphatic rings. The van der Waals surface area contributed by atoms with Crippen LogP contribution < -0.4 is 30.3 Å². The molecule has 0 saturated carbocycles. The average Bonchev–Trinajstić information content (AvgIpc) is 3.43. The van der Waals surface area contributed by atoms with Crippen LogP contribution in [0.4, 0.5) is 27.4 Å². The third-order valence-corrected chi connectivity index (χ3v) is 5.70. The zero-order valence-electron chi connectivity index (χ0n) is 20.0. The molecule has 0 spiro atoms. The third-order valence-electron chi connectivity index (χ3n) is 5.70. The topological polar surface area (TPSA) is 101 Å². The fourth-order valence-electron chi connectivity index (χ4n) is 3.96. The number of aromatic nitrogens is 2. The van der Waals surface area contributed by atoms with E-state index in [9.17, 15) is 9.18 Å². The van der Waals surface area contributed by atoms with Crippen molar-refractivity contribution in [1.29, 1.82) is 0 Å². The number of benzene rings is 2. The van der Waals surface area contributed by atoms with E-state index >= 15 is 0 Å². The van der Waals surface area contributed by atoms with Crippen molar-refractivity contribution < 1.29 is 18.7 Å². The number of alkyl halides is 1. The molecule has 2 heterocycles. The van der Waals surface area contributed by atoms with Crippen molar-refractivity contribution in [3.63, 3.8) is 0 Å². The number of nitrogens with zero attached hydrogens (tertiary/aromatic N) is 3. The van der Waals surface area contributed by atoms with E-state index in [0.29, 0.717) is 29.7 Å². The molecule has 1 amide bonds. The molecule has 1 atom stereocenters. The lowest BCUT2D eigenvalue weighted by Gasteiger charge is -2.30. The van der Waals surface area contributed by atoms with E-state index in [1.54, 1.807) is 24.3 Å². The van der Waals surface area contributed by atoms with Gasteiger partial charge in [0.05, 0.1) is 13.3 Å². The van der Waals surface area contributed by atoms with Gasteiger partial charge in [-0.3, -0.25) is 4.79 Å². The number of amides is 1. The second-order valence-electron chi connectivity index (χ2n) is 8.09. The van der Waals surface area contributed by atoms with E-state index in [2.05, 4.69) is 37.4 Å². The normalized spacial score (nSPS) is 14.7. The van der Waals surface area contributed by atoms with E-state index in [-0.39, 0.29) is 17.8 Å². The van der Waals surface area contributed by atoms with Gasteiger partial charge < -0.3 is 30.3 Å². The Morgan fingerprint density at radius 2 is 2.11 bits per heavy atom. The first-order chi connectivity index (χ1) is 17.6. The van der Waals surface area contributed by atoms with Gasteiger partial charge in [0.15, 0.2) is 5.75 Å². The van der Waals surface area contributed by atoms with Crippen molar-refractivity contribution in [3.8, 4) is 17.4 Å². The molecule has 0 aliphatic carbocycles. The number of anilines is 4. The Balaban J connectivity index is 1.48. The molecular formula is C26H29FN6O3. The molecule has 1 aromatic heterocycles. The van der Waals surface area contributed by atoms with Gasteiger partial charge in [-0.25, -0.2) is 9.37 Å². The summed E-state index contributed by atoms with van der Waals surface area (Å²) in [6.07, 6.45) is 3.69. The Hall–Kier alpha value is -4.18. The van der Waals surface area contributed by atoms with Gasteiger partial charge in [-0.15, -0.1) is 0 Å². The monoisotopic (exact) mass is 492 g/mol. The summed E-state index contributed by atoms with van der Waals surface area (Å²) in [5.41, 5.74) is 2.29. The minimum atomic E-state index is -0.400. The van der Waals surface area contributed by atoms with Gasteiger partial charge in [0.1, 0.15) is 12.4 Å². The summed E-state index contributed by atoms with van der Waals surface area (Å²) < 4.78 is 24.4. The summed E-state index contributed by atoms with van der Waals surface area (Å²) >= 11 is 0. The second kappa shape index (κ2) is 12.0. The molecule has 0 radical (unpaired) electrons. The lowest BCUT2D eigenvalue weighted by Crippen LogP contribution is -2.38. The Labute approximate surface area is 209 Å². The number of halogens is 1. The minimum absolute atomic E-state index is 0.210. The largest absolute Gasteiger partial charge is 0.490 e. The molecule has 1 saturated heterocycles. The van der Waals surface area contributed by atoms with E-state index in [4.69, 9.17) is 9.47 Å². The van der Waals surface area contributed by atoms with Gasteiger partial charge >= 0.3 is 0 Å². The summed E-state index contributed by atoms with van der Waals surface area (Å²) in [7, 11) is 1.50. The van der Waals surface area contributed by atoms with E-state index in [1.807, 2.05) is 24.3 Å². The Bertz CT molecular complexity index is 1180. The summed E-state index contributed by atoms with van der Waals surface area (Å²) in [6, 6.07) is 14.9. The van der Waals surface area contributed by atoms with Crippen LogP contribution in [0.3, 0.4) is 0 Å². The first-order valence-electron chi connectivity index (χ1n) is 11.6. The molecule has 9 nitrogen and oxygen atoms in total. The van der Waals surface area contributed by atoms with E-state index in [1.165, 1.54) is 19.4 Å². The minimum Gasteiger partial charge on any atom is -0.490 e. The van der Waals surface area contributed by atoms with Crippen LogP contribution in [0.25, 0.3) is 0 Å². The highest BCUT2D eigenvalue weighted by Gasteiger charge is 2.22. The Kier molecular flexibility index (Phi) is 8.30. The predicted octanol–water partition coefficient (Wildman–Crippen LogP) is 4.28. The van der Waals surface area contributed by atoms with Crippen LogP contribution in [0, 0.1) is 0 Å². The summed E-state index contributed by atoms with van der Waals surface area (Å²) in [5, 5.41) is 9.18. The smallest absolute Gasteiger partial charge is 0.267 e. The fourth-order valence-corrected chi connectivity index (χ4v) is 3.96. The van der Waals surface area contributed by atoms with Crippen molar-refractivity contribution in [2.75, 3.05) is 49.0 Å². The van der Waals surface area contributed by atoms with Gasteiger partial charge in [0.2, 0.25) is 11.9 Å². The third kappa shape index (κ3) is 6.28. The predicted molar refractivity (Wildman–Crippen MR) is 138 cm³/mol. The number of ether oxygens (including phenoxy) is 2. The number of carbonyl (C=O) groups excluding carboxylic acids is 1. The SMILES string of the molecule is C=CC(=O)Nc1cccc(Oc2nc(Nc3ccc(N(CCF)C4CCNC4)cc3)ncc2OC)c1. The van der Waals surface area contributed by atoms with Gasteiger partial charge in [-0.1, -0.05) is 12.6 Å². The van der Waals surface area contributed by atoms with Gasteiger partial charge in [-0.05, 0) is 55.4 Å². The highest BCUT2D eigenvalue weighted by molar-refractivity contribution is 5.98. The molecule has 1 aliphatic heterocycles.